The van der Waals surface area contributed by atoms with Crippen molar-refractivity contribution in [1.29, 1.82) is 0 Å². The molecule has 32 heavy (non-hydrogen) atoms. The van der Waals surface area contributed by atoms with Gasteiger partial charge in [0.2, 0.25) is 5.43 Å². The minimum absolute atomic E-state index is 0.0957. The molecular formula is C25H29N3O4. The Morgan fingerprint density at radius 1 is 1.25 bits per heavy atom. The number of hydrogen-bond acceptors (Lipinski definition) is 5. The van der Waals surface area contributed by atoms with Gasteiger partial charge in [0.05, 0.1) is 18.3 Å². The van der Waals surface area contributed by atoms with Gasteiger partial charge < -0.3 is 9.84 Å². The number of ether oxygens (including phenoxy) is 1. The van der Waals surface area contributed by atoms with E-state index in [-0.39, 0.29) is 25.0 Å². The summed E-state index contributed by atoms with van der Waals surface area (Å²) in [4.78, 5) is 27.2. The Labute approximate surface area is 188 Å². The SMILES string of the molecule is C=C(C)N1CN(C(/C(C)=C/C=C\C)c2ccccc2)n2c(COC)cc(=O)c(O)c2C1=O. The number of amides is 1. The van der Waals surface area contributed by atoms with Crippen molar-refractivity contribution in [3.05, 3.63) is 99.6 Å². The van der Waals surface area contributed by atoms with E-state index in [2.05, 4.69) is 6.58 Å². The Balaban J connectivity index is 2.36. The molecule has 0 aliphatic carbocycles. The molecule has 1 amide bonds. The molecule has 1 atom stereocenters. The number of benzene rings is 1. The number of fused-ring (bicyclic) bond motifs is 1. The van der Waals surface area contributed by atoms with E-state index in [0.29, 0.717) is 11.4 Å². The summed E-state index contributed by atoms with van der Waals surface area (Å²) in [6.07, 6.45) is 5.91. The monoisotopic (exact) mass is 435 g/mol. The second kappa shape index (κ2) is 9.70. The highest BCUT2D eigenvalue weighted by atomic mass is 16.5. The van der Waals surface area contributed by atoms with Crippen molar-refractivity contribution in [3.63, 3.8) is 0 Å². The first-order valence-corrected chi connectivity index (χ1v) is 10.4. The first-order valence-electron chi connectivity index (χ1n) is 10.4. The predicted molar refractivity (Wildman–Crippen MR) is 125 cm³/mol. The normalized spacial score (nSPS) is 15.2. The molecule has 1 aliphatic rings. The van der Waals surface area contributed by atoms with Gasteiger partial charge in [0.25, 0.3) is 5.91 Å². The van der Waals surface area contributed by atoms with Crippen molar-refractivity contribution in [2.24, 2.45) is 0 Å². The Morgan fingerprint density at radius 3 is 2.53 bits per heavy atom. The molecule has 0 spiro atoms. The molecule has 0 saturated carbocycles. The number of nitrogens with zero attached hydrogens (tertiary/aromatic N) is 3. The van der Waals surface area contributed by atoms with E-state index in [9.17, 15) is 14.7 Å². The highest BCUT2D eigenvalue weighted by Gasteiger charge is 2.38. The van der Waals surface area contributed by atoms with Crippen LogP contribution in [0.1, 0.15) is 48.6 Å². The third kappa shape index (κ3) is 4.24. The van der Waals surface area contributed by atoms with Gasteiger partial charge in [0, 0.05) is 18.9 Å². The lowest BCUT2D eigenvalue weighted by atomic mass is 9.98. The van der Waals surface area contributed by atoms with Crippen LogP contribution in [0.2, 0.25) is 0 Å². The molecule has 0 saturated heterocycles. The molecule has 168 valence electrons. The van der Waals surface area contributed by atoms with Crippen LogP contribution in [0.3, 0.4) is 0 Å². The van der Waals surface area contributed by atoms with Crippen molar-refractivity contribution in [3.8, 4) is 5.75 Å². The van der Waals surface area contributed by atoms with E-state index in [4.69, 9.17) is 4.74 Å². The molecule has 2 heterocycles. The Hall–Kier alpha value is -3.58. The standard InChI is InChI=1S/C25H29N3O4/c1-6-7-11-18(4)22(19-12-9-8-10-13-19)27-16-26(17(2)3)25(31)23-24(30)21(29)14-20(15-32-5)28(23)27/h6-14,22,30H,2,15-16H2,1,3-5H3/b7-6-,18-11+. The number of hydrogen-bond donors (Lipinski definition) is 1. The average Bonchev–Trinajstić information content (AvgIpc) is 2.77. The summed E-state index contributed by atoms with van der Waals surface area (Å²) in [6, 6.07) is 10.9. The van der Waals surface area contributed by atoms with E-state index >= 15 is 0 Å². The average molecular weight is 436 g/mol. The van der Waals surface area contributed by atoms with Crippen molar-refractivity contribution >= 4 is 5.91 Å². The summed E-state index contributed by atoms with van der Waals surface area (Å²) in [5.41, 5.74) is 2.26. The molecule has 0 fully saturated rings. The summed E-state index contributed by atoms with van der Waals surface area (Å²) < 4.78 is 6.94. The maximum absolute atomic E-state index is 13.3. The van der Waals surface area contributed by atoms with Crippen molar-refractivity contribution < 1.29 is 14.6 Å². The summed E-state index contributed by atoms with van der Waals surface area (Å²) in [6.45, 7) is 9.89. The second-order valence-electron chi connectivity index (χ2n) is 7.74. The van der Waals surface area contributed by atoms with Crippen LogP contribution in [-0.2, 0) is 11.3 Å². The zero-order chi connectivity index (χ0) is 23.4. The smallest absolute Gasteiger partial charge is 0.282 e. The minimum Gasteiger partial charge on any atom is -0.502 e. The van der Waals surface area contributed by atoms with Gasteiger partial charge in [-0.1, -0.05) is 55.1 Å². The second-order valence-corrected chi connectivity index (χ2v) is 7.74. The Morgan fingerprint density at radius 2 is 1.94 bits per heavy atom. The fourth-order valence-electron chi connectivity index (χ4n) is 3.91. The van der Waals surface area contributed by atoms with Gasteiger partial charge in [-0.2, -0.15) is 0 Å². The highest BCUT2D eigenvalue weighted by molar-refractivity contribution is 5.97. The van der Waals surface area contributed by atoms with Crippen LogP contribution in [0.4, 0.5) is 0 Å². The number of rotatable bonds is 7. The maximum atomic E-state index is 13.3. The summed E-state index contributed by atoms with van der Waals surface area (Å²) in [5.74, 6) is -1.07. The molecular weight excluding hydrogens is 406 g/mol. The van der Waals surface area contributed by atoms with Gasteiger partial charge >= 0.3 is 0 Å². The molecule has 1 aromatic carbocycles. The van der Waals surface area contributed by atoms with Crippen LogP contribution < -0.4 is 10.4 Å². The van der Waals surface area contributed by atoms with E-state index < -0.39 is 17.1 Å². The Bertz CT molecular complexity index is 1130. The lowest BCUT2D eigenvalue weighted by Crippen LogP contribution is -2.55. The third-order valence-corrected chi connectivity index (χ3v) is 5.38. The largest absolute Gasteiger partial charge is 0.502 e. The number of aromatic nitrogens is 1. The molecule has 1 aromatic heterocycles. The third-order valence-electron chi connectivity index (χ3n) is 5.38. The molecule has 1 aliphatic heterocycles. The van der Waals surface area contributed by atoms with E-state index in [1.165, 1.54) is 18.1 Å². The predicted octanol–water partition coefficient (Wildman–Crippen LogP) is 3.85. The first-order chi connectivity index (χ1) is 15.3. The van der Waals surface area contributed by atoms with Crippen molar-refractivity contribution in [1.82, 2.24) is 9.58 Å². The lowest BCUT2D eigenvalue weighted by molar-refractivity contribution is 0.0731. The number of aromatic hydroxyl groups is 1. The fraction of sp³-hybridized carbons (Fsp3) is 0.280. The fourth-order valence-corrected chi connectivity index (χ4v) is 3.91. The van der Waals surface area contributed by atoms with Crippen LogP contribution in [0.5, 0.6) is 5.75 Å². The van der Waals surface area contributed by atoms with Crippen LogP contribution in [0.15, 0.2) is 77.3 Å². The molecule has 7 nitrogen and oxygen atoms in total. The van der Waals surface area contributed by atoms with Gasteiger partial charge in [-0.15, -0.1) is 0 Å². The highest BCUT2D eigenvalue weighted by Crippen LogP contribution is 2.34. The quantitative estimate of drug-likeness (QED) is 0.669. The number of carbonyl (C=O) groups excluding carboxylic acids is 1. The first kappa shape index (κ1) is 23.1. The molecule has 2 aromatic rings. The maximum Gasteiger partial charge on any atom is 0.282 e. The zero-order valence-corrected chi connectivity index (χ0v) is 18.9. The number of carbonyl (C=O) groups is 1. The van der Waals surface area contributed by atoms with Gasteiger partial charge in [-0.25, -0.2) is 4.68 Å². The number of pyridine rings is 1. The molecule has 0 radical (unpaired) electrons. The van der Waals surface area contributed by atoms with Crippen LogP contribution >= 0.6 is 0 Å². The molecule has 3 rings (SSSR count). The summed E-state index contributed by atoms with van der Waals surface area (Å²) >= 11 is 0. The van der Waals surface area contributed by atoms with Gasteiger partial charge in [-0.05, 0) is 31.9 Å². The van der Waals surface area contributed by atoms with E-state index in [0.717, 1.165) is 11.1 Å². The number of allylic oxidation sites excluding steroid dienone is 4. The van der Waals surface area contributed by atoms with Gasteiger partial charge in [-0.3, -0.25) is 19.5 Å². The van der Waals surface area contributed by atoms with Crippen LogP contribution in [-0.4, -0.2) is 34.4 Å². The minimum atomic E-state index is -0.627. The van der Waals surface area contributed by atoms with Crippen molar-refractivity contribution in [2.45, 2.75) is 33.4 Å². The molecule has 1 unspecified atom stereocenters. The summed E-state index contributed by atoms with van der Waals surface area (Å²) in [5, 5.41) is 12.6. The van der Waals surface area contributed by atoms with Gasteiger partial charge in [0.15, 0.2) is 11.4 Å². The van der Waals surface area contributed by atoms with E-state index in [1.807, 2.05) is 67.4 Å². The Kier molecular flexibility index (Phi) is 7.00. The van der Waals surface area contributed by atoms with Crippen LogP contribution in [0.25, 0.3) is 0 Å². The zero-order valence-electron chi connectivity index (χ0n) is 18.9. The van der Waals surface area contributed by atoms with E-state index in [1.54, 1.807) is 11.6 Å². The number of methoxy groups -OCH3 is 1. The van der Waals surface area contributed by atoms with Crippen LogP contribution in [0, 0.1) is 0 Å². The van der Waals surface area contributed by atoms with Crippen molar-refractivity contribution in [2.75, 3.05) is 18.8 Å². The molecule has 7 heteroatoms. The lowest BCUT2D eigenvalue weighted by Gasteiger charge is -2.45. The molecule has 1 N–H and O–H groups in total. The topological polar surface area (TPSA) is 75.0 Å². The van der Waals surface area contributed by atoms with Gasteiger partial charge in [0.1, 0.15) is 6.67 Å². The molecule has 0 bridgehead atoms. The summed E-state index contributed by atoms with van der Waals surface area (Å²) in [7, 11) is 1.52.